The Morgan fingerprint density at radius 3 is 3.10 bits per heavy atom. The molecule has 0 aromatic carbocycles. The normalized spacial score (nSPS) is 10.3. The lowest BCUT2D eigenvalue weighted by Gasteiger charge is -2.04. The standard InChI is InChI=1S/C13H17N5O2/c1-3-4-10-16-12(18-17-10)13(19)15-8-9-5-6-14-11(7-9)20-2/h5-7H,3-4,8H2,1-2H3,(H,15,19)(H,16,17,18). The van der Waals surface area contributed by atoms with Gasteiger partial charge >= 0.3 is 0 Å². The van der Waals surface area contributed by atoms with Crippen molar-refractivity contribution in [1.29, 1.82) is 0 Å². The largest absolute Gasteiger partial charge is 0.481 e. The summed E-state index contributed by atoms with van der Waals surface area (Å²) in [6.07, 6.45) is 3.36. The van der Waals surface area contributed by atoms with Crippen LogP contribution in [0.4, 0.5) is 0 Å². The Hall–Kier alpha value is -2.44. The first kappa shape index (κ1) is 14.0. The zero-order valence-electron chi connectivity index (χ0n) is 11.5. The minimum Gasteiger partial charge on any atom is -0.481 e. The van der Waals surface area contributed by atoms with Crippen LogP contribution in [0, 0.1) is 0 Å². The lowest BCUT2D eigenvalue weighted by molar-refractivity contribution is 0.0940. The molecule has 7 nitrogen and oxygen atoms in total. The molecule has 0 bridgehead atoms. The molecule has 0 spiro atoms. The zero-order chi connectivity index (χ0) is 14.4. The number of rotatable bonds is 6. The Kier molecular flexibility index (Phi) is 4.65. The van der Waals surface area contributed by atoms with Crippen molar-refractivity contribution in [3.63, 3.8) is 0 Å². The highest BCUT2D eigenvalue weighted by molar-refractivity contribution is 5.90. The molecule has 2 aromatic rings. The monoisotopic (exact) mass is 275 g/mol. The van der Waals surface area contributed by atoms with Crippen LogP contribution in [0.15, 0.2) is 18.3 Å². The van der Waals surface area contributed by atoms with E-state index in [2.05, 4.69) is 25.5 Å². The number of aryl methyl sites for hydroxylation is 1. The number of nitrogens with zero attached hydrogens (tertiary/aromatic N) is 3. The average molecular weight is 275 g/mol. The summed E-state index contributed by atoms with van der Waals surface area (Å²) in [5.74, 6) is 1.09. The van der Waals surface area contributed by atoms with E-state index in [0.717, 1.165) is 24.2 Å². The van der Waals surface area contributed by atoms with E-state index in [1.165, 1.54) is 0 Å². The van der Waals surface area contributed by atoms with Crippen molar-refractivity contribution >= 4 is 5.91 Å². The summed E-state index contributed by atoms with van der Waals surface area (Å²) in [7, 11) is 1.55. The van der Waals surface area contributed by atoms with Crippen LogP contribution in [0.25, 0.3) is 0 Å². The van der Waals surface area contributed by atoms with Crippen LogP contribution in [0.5, 0.6) is 5.88 Å². The van der Waals surface area contributed by atoms with E-state index in [1.54, 1.807) is 19.4 Å². The lowest BCUT2D eigenvalue weighted by atomic mass is 10.2. The van der Waals surface area contributed by atoms with Gasteiger partial charge in [0.1, 0.15) is 5.82 Å². The molecule has 2 aromatic heterocycles. The van der Waals surface area contributed by atoms with E-state index in [0.29, 0.717) is 12.4 Å². The summed E-state index contributed by atoms with van der Waals surface area (Å²) in [6, 6.07) is 3.57. The van der Waals surface area contributed by atoms with Crippen LogP contribution >= 0.6 is 0 Å². The molecule has 0 fully saturated rings. The zero-order valence-corrected chi connectivity index (χ0v) is 11.5. The average Bonchev–Trinajstić information content (AvgIpc) is 2.94. The van der Waals surface area contributed by atoms with Gasteiger partial charge in [-0.3, -0.25) is 9.89 Å². The van der Waals surface area contributed by atoms with Gasteiger partial charge in [-0.05, 0) is 18.1 Å². The van der Waals surface area contributed by atoms with Gasteiger partial charge in [-0.25, -0.2) is 9.97 Å². The Labute approximate surface area is 116 Å². The Bertz CT molecular complexity index is 582. The minimum atomic E-state index is -0.306. The fourth-order valence-electron chi connectivity index (χ4n) is 1.68. The van der Waals surface area contributed by atoms with Gasteiger partial charge in [0.15, 0.2) is 0 Å². The van der Waals surface area contributed by atoms with E-state index in [1.807, 2.05) is 13.0 Å². The van der Waals surface area contributed by atoms with Gasteiger partial charge in [0.2, 0.25) is 11.7 Å². The summed E-state index contributed by atoms with van der Waals surface area (Å²) in [6.45, 7) is 2.41. The molecule has 7 heteroatoms. The molecule has 20 heavy (non-hydrogen) atoms. The second kappa shape index (κ2) is 6.65. The number of aromatic amines is 1. The van der Waals surface area contributed by atoms with Gasteiger partial charge in [0.05, 0.1) is 7.11 Å². The number of ether oxygens (including phenoxy) is 1. The van der Waals surface area contributed by atoms with Crippen molar-refractivity contribution in [3.05, 3.63) is 35.5 Å². The Balaban J connectivity index is 1.93. The van der Waals surface area contributed by atoms with E-state index >= 15 is 0 Å². The van der Waals surface area contributed by atoms with Crippen LogP contribution < -0.4 is 10.1 Å². The minimum absolute atomic E-state index is 0.162. The first-order valence-corrected chi connectivity index (χ1v) is 6.41. The fourth-order valence-corrected chi connectivity index (χ4v) is 1.68. The fraction of sp³-hybridized carbons (Fsp3) is 0.385. The predicted molar refractivity (Wildman–Crippen MR) is 72.3 cm³/mol. The first-order valence-electron chi connectivity index (χ1n) is 6.41. The Morgan fingerprint density at radius 1 is 1.50 bits per heavy atom. The molecule has 0 saturated heterocycles. The van der Waals surface area contributed by atoms with E-state index in [-0.39, 0.29) is 11.7 Å². The number of pyridine rings is 1. The number of carbonyl (C=O) groups excluding carboxylic acids is 1. The summed E-state index contributed by atoms with van der Waals surface area (Å²) in [4.78, 5) is 20.0. The molecular weight excluding hydrogens is 258 g/mol. The number of hydrogen-bond acceptors (Lipinski definition) is 5. The number of aromatic nitrogens is 4. The Morgan fingerprint density at radius 2 is 2.35 bits per heavy atom. The van der Waals surface area contributed by atoms with E-state index in [4.69, 9.17) is 4.74 Å². The van der Waals surface area contributed by atoms with Crippen molar-refractivity contribution in [2.75, 3.05) is 7.11 Å². The number of methoxy groups -OCH3 is 1. The molecule has 1 amide bonds. The maximum atomic E-state index is 11.9. The van der Waals surface area contributed by atoms with Crippen molar-refractivity contribution in [2.45, 2.75) is 26.3 Å². The highest BCUT2D eigenvalue weighted by atomic mass is 16.5. The number of hydrogen-bond donors (Lipinski definition) is 2. The topological polar surface area (TPSA) is 92.8 Å². The van der Waals surface area contributed by atoms with Crippen molar-refractivity contribution < 1.29 is 9.53 Å². The SMILES string of the molecule is CCCc1nc(C(=O)NCc2ccnc(OC)c2)n[nH]1. The third-order valence-corrected chi connectivity index (χ3v) is 2.68. The van der Waals surface area contributed by atoms with E-state index in [9.17, 15) is 4.79 Å². The third-order valence-electron chi connectivity index (χ3n) is 2.68. The molecule has 2 heterocycles. The summed E-state index contributed by atoms with van der Waals surface area (Å²) in [5.41, 5.74) is 0.898. The molecule has 0 aliphatic carbocycles. The third kappa shape index (κ3) is 3.53. The van der Waals surface area contributed by atoms with Crippen LogP contribution in [-0.2, 0) is 13.0 Å². The molecule has 2 rings (SSSR count). The number of amides is 1. The van der Waals surface area contributed by atoms with Crippen molar-refractivity contribution in [1.82, 2.24) is 25.5 Å². The van der Waals surface area contributed by atoms with Crippen LogP contribution in [0.3, 0.4) is 0 Å². The van der Waals surface area contributed by atoms with Gasteiger partial charge in [0.25, 0.3) is 5.91 Å². The summed E-state index contributed by atoms with van der Waals surface area (Å²) < 4.78 is 5.02. The molecule has 2 N–H and O–H groups in total. The smallest absolute Gasteiger partial charge is 0.291 e. The second-order valence-electron chi connectivity index (χ2n) is 4.24. The summed E-state index contributed by atoms with van der Waals surface area (Å²) in [5, 5.41) is 9.40. The molecule has 0 aliphatic rings. The maximum absolute atomic E-state index is 11.9. The van der Waals surface area contributed by atoms with Crippen LogP contribution in [0.2, 0.25) is 0 Å². The maximum Gasteiger partial charge on any atom is 0.291 e. The van der Waals surface area contributed by atoms with Crippen LogP contribution in [0.1, 0.15) is 35.4 Å². The lowest BCUT2D eigenvalue weighted by Crippen LogP contribution is -2.24. The van der Waals surface area contributed by atoms with Gasteiger partial charge in [-0.15, -0.1) is 5.10 Å². The highest BCUT2D eigenvalue weighted by Crippen LogP contribution is 2.08. The van der Waals surface area contributed by atoms with Gasteiger partial charge in [-0.1, -0.05) is 6.92 Å². The molecule has 0 aliphatic heterocycles. The first-order chi connectivity index (χ1) is 9.72. The van der Waals surface area contributed by atoms with E-state index < -0.39 is 0 Å². The quantitative estimate of drug-likeness (QED) is 0.823. The van der Waals surface area contributed by atoms with Gasteiger partial charge in [-0.2, -0.15) is 0 Å². The predicted octanol–water partition coefficient (Wildman–Crippen LogP) is 1.09. The van der Waals surface area contributed by atoms with Crippen molar-refractivity contribution in [2.24, 2.45) is 0 Å². The van der Waals surface area contributed by atoms with Gasteiger partial charge < -0.3 is 10.1 Å². The highest BCUT2D eigenvalue weighted by Gasteiger charge is 2.11. The molecule has 0 unspecified atom stereocenters. The molecule has 0 atom stereocenters. The number of H-pyrrole nitrogens is 1. The molecule has 0 saturated carbocycles. The van der Waals surface area contributed by atoms with Gasteiger partial charge in [0, 0.05) is 25.2 Å². The van der Waals surface area contributed by atoms with Crippen molar-refractivity contribution in [3.8, 4) is 5.88 Å². The number of nitrogens with one attached hydrogen (secondary N) is 2. The van der Waals surface area contributed by atoms with Crippen LogP contribution in [-0.4, -0.2) is 33.2 Å². The molecular formula is C13H17N5O2. The molecule has 0 radical (unpaired) electrons. The second-order valence-corrected chi connectivity index (χ2v) is 4.24. The summed E-state index contributed by atoms with van der Waals surface area (Å²) >= 11 is 0. The number of carbonyl (C=O) groups is 1. The molecule has 106 valence electrons.